The second-order valence-corrected chi connectivity index (χ2v) is 9.20. The Balaban J connectivity index is 1.40. The van der Waals surface area contributed by atoms with Crippen LogP contribution < -0.4 is 10.9 Å². The SMILES string of the molecule is Cc1c(NC(=O)CSc2nnc(-c3cccc(F)c3)n2-c2ccccc2)c(=O)n(-c2ccccc2)n1C. The van der Waals surface area contributed by atoms with Crippen LogP contribution in [0.3, 0.4) is 0 Å². The first-order valence-electron chi connectivity index (χ1n) is 11.5. The third kappa shape index (κ3) is 4.83. The number of nitrogens with zero attached hydrogens (tertiary/aromatic N) is 5. The number of thioether (sulfide) groups is 1. The van der Waals surface area contributed by atoms with Gasteiger partial charge in [0.25, 0.3) is 5.56 Å². The predicted octanol–water partition coefficient (Wildman–Crippen LogP) is 4.60. The number of rotatable bonds is 7. The predicted molar refractivity (Wildman–Crippen MR) is 142 cm³/mol. The molecule has 0 bridgehead atoms. The maximum absolute atomic E-state index is 13.9. The summed E-state index contributed by atoms with van der Waals surface area (Å²) in [6.45, 7) is 1.78. The van der Waals surface area contributed by atoms with Crippen LogP contribution in [-0.4, -0.2) is 35.8 Å². The molecule has 0 saturated heterocycles. The van der Waals surface area contributed by atoms with Crippen LogP contribution in [0, 0.1) is 12.7 Å². The van der Waals surface area contributed by atoms with Crippen LogP contribution in [0.1, 0.15) is 5.69 Å². The number of nitrogens with one attached hydrogen (secondary N) is 1. The van der Waals surface area contributed by atoms with Crippen molar-refractivity contribution in [1.29, 1.82) is 0 Å². The topological polar surface area (TPSA) is 86.7 Å². The van der Waals surface area contributed by atoms with E-state index in [4.69, 9.17) is 0 Å². The van der Waals surface area contributed by atoms with Crippen LogP contribution >= 0.6 is 11.8 Å². The highest BCUT2D eigenvalue weighted by molar-refractivity contribution is 7.99. The Labute approximate surface area is 216 Å². The summed E-state index contributed by atoms with van der Waals surface area (Å²) in [5.74, 6) is -0.287. The molecule has 0 atom stereocenters. The van der Waals surface area contributed by atoms with Crippen LogP contribution in [0.5, 0.6) is 0 Å². The van der Waals surface area contributed by atoms with Gasteiger partial charge in [0, 0.05) is 18.3 Å². The number of halogens is 1. The van der Waals surface area contributed by atoms with Crippen molar-refractivity contribution in [3.8, 4) is 22.8 Å². The molecule has 10 heteroatoms. The van der Waals surface area contributed by atoms with Gasteiger partial charge in [-0.15, -0.1) is 10.2 Å². The average Bonchev–Trinajstić information content (AvgIpc) is 3.43. The van der Waals surface area contributed by atoms with Crippen molar-refractivity contribution >= 4 is 23.4 Å². The molecule has 5 aromatic rings. The standard InChI is InChI=1S/C27H23FN6O2S/c1-18-24(26(36)34(32(18)2)22-14-7-4-8-15-22)29-23(35)17-37-27-31-30-25(19-10-9-11-20(28)16-19)33(27)21-12-5-3-6-13-21/h3-16H,17H2,1-2H3,(H,29,35). The summed E-state index contributed by atoms with van der Waals surface area (Å²) in [5.41, 5.74) is 2.59. The summed E-state index contributed by atoms with van der Waals surface area (Å²) in [7, 11) is 1.77. The van der Waals surface area contributed by atoms with Gasteiger partial charge >= 0.3 is 0 Å². The van der Waals surface area contributed by atoms with Crippen LogP contribution in [0.4, 0.5) is 10.1 Å². The lowest BCUT2D eigenvalue weighted by atomic mass is 10.2. The summed E-state index contributed by atoms with van der Waals surface area (Å²) in [5, 5.41) is 11.8. The normalized spacial score (nSPS) is 11.0. The number of carbonyl (C=O) groups excluding carboxylic acids is 1. The number of hydrogen-bond acceptors (Lipinski definition) is 5. The van der Waals surface area contributed by atoms with Gasteiger partial charge in [-0.05, 0) is 43.3 Å². The summed E-state index contributed by atoms with van der Waals surface area (Å²) in [6.07, 6.45) is 0. The minimum Gasteiger partial charge on any atom is -0.319 e. The van der Waals surface area contributed by atoms with E-state index in [0.717, 1.165) is 5.69 Å². The summed E-state index contributed by atoms with van der Waals surface area (Å²) >= 11 is 1.18. The second-order valence-electron chi connectivity index (χ2n) is 8.26. The molecule has 5 rings (SSSR count). The molecule has 1 amide bonds. The van der Waals surface area contributed by atoms with E-state index in [1.807, 2.05) is 60.7 Å². The average molecular weight is 515 g/mol. The Morgan fingerprint density at radius 1 is 0.946 bits per heavy atom. The van der Waals surface area contributed by atoms with Gasteiger partial charge in [-0.1, -0.05) is 60.3 Å². The van der Waals surface area contributed by atoms with Crippen molar-refractivity contribution in [3.63, 3.8) is 0 Å². The van der Waals surface area contributed by atoms with Gasteiger partial charge in [0.2, 0.25) is 5.91 Å². The van der Waals surface area contributed by atoms with Crippen molar-refractivity contribution < 1.29 is 9.18 Å². The third-order valence-corrected chi connectivity index (χ3v) is 6.81. The van der Waals surface area contributed by atoms with Gasteiger partial charge in [0.1, 0.15) is 11.5 Å². The minimum atomic E-state index is -0.381. The van der Waals surface area contributed by atoms with Crippen molar-refractivity contribution in [1.82, 2.24) is 24.1 Å². The van der Waals surface area contributed by atoms with Gasteiger partial charge < -0.3 is 5.32 Å². The number of hydrogen-bond donors (Lipinski definition) is 1. The molecular weight excluding hydrogens is 491 g/mol. The van der Waals surface area contributed by atoms with Gasteiger partial charge in [0.05, 0.1) is 17.1 Å². The zero-order valence-electron chi connectivity index (χ0n) is 20.1. The maximum Gasteiger partial charge on any atom is 0.295 e. The Bertz CT molecular complexity index is 1630. The molecule has 2 aromatic heterocycles. The van der Waals surface area contributed by atoms with E-state index < -0.39 is 0 Å². The lowest BCUT2D eigenvalue weighted by Crippen LogP contribution is -2.23. The fraction of sp³-hybridized carbons (Fsp3) is 0.111. The summed E-state index contributed by atoms with van der Waals surface area (Å²) < 4.78 is 18.9. The molecule has 0 radical (unpaired) electrons. The van der Waals surface area contributed by atoms with Crippen molar-refractivity contribution in [2.75, 3.05) is 11.1 Å². The lowest BCUT2D eigenvalue weighted by molar-refractivity contribution is -0.113. The molecular formula is C27H23FN6O2S. The molecule has 3 aromatic carbocycles. The Morgan fingerprint density at radius 2 is 1.62 bits per heavy atom. The smallest absolute Gasteiger partial charge is 0.295 e. The number of benzene rings is 3. The maximum atomic E-state index is 13.9. The molecule has 0 fully saturated rings. The zero-order chi connectivity index (χ0) is 25.9. The molecule has 0 saturated carbocycles. The molecule has 0 aliphatic rings. The Morgan fingerprint density at radius 3 is 2.30 bits per heavy atom. The van der Waals surface area contributed by atoms with E-state index in [2.05, 4.69) is 15.5 Å². The lowest BCUT2D eigenvalue weighted by Gasteiger charge is -2.10. The second kappa shape index (κ2) is 10.3. The van der Waals surface area contributed by atoms with E-state index in [-0.39, 0.29) is 28.7 Å². The van der Waals surface area contributed by atoms with E-state index in [1.54, 1.807) is 35.4 Å². The number of amides is 1. The number of carbonyl (C=O) groups is 1. The molecule has 8 nitrogen and oxygen atoms in total. The first-order chi connectivity index (χ1) is 17.9. The quantitative estimate of drug-likeness (QED) is 0.321. The highest BCUT2D eigenvalue weighted by Gasteiger charge is 2.20. The molecule has 2 heterocycles. The minimum absolute atomic E-state index is 0.00672. The summed E-state index contributed by atoms with van der Waals surface area (Å²) in [6, 6.07) is 24.8. The van der Waals surface area contributed by atoms with Gasteiger partial charge in [-0.2, -0.15) is 0 Å². The molecule has 37 heavy (non-hydrogen) atoms. The third-order valence-electron chi connectivity index (χ3n) is 5.88. The van der Waals surface area contributed by atoms with E-state index in [9.17, 15) is 14.0 Å². The Hall–Kier alpha value is -4.44. The van der Waals surface area contributed by atoms with E-state index >= 15 is 0 Å². The van der Waals surface area contributed by atoms with Gasteiger partial charge in [0.15, 0.2) is 11.0 Å². The number of anilines is 1. The van der Waals surface area contributed by atoms with Crippen molar-refractivity contribution in [3.05, 3.63) is 107 Å². The first-order valence-corrected chi connectivity index (χ1v) is 12.5. The molecule has 186 valence electrons. The first kappa shape index (κ1) is 24.3. The number of aromatic nitrogens is 5. The largest absolute Gasteiger partial charge is 0.319 e. The fourth-order valence-electron chi connectivity index (χ4n) is 4.01. The molecule has 0 spiro atoms. The van der Waals surface area contributed by atoms with Crippen LogP contribution in [-0.2, 0) is 11.8 Å². The van der Waals surface area contributed by atoms with Gasteiger partial charge in [-0.25, -0.2) is 9.07 Å². The fourth-order valence-corrected chi connectivity index (χ4v) is 4.76. The zero-order valence-corrected chi connectivity index (χ0v) is 20.9. The number of para-hydroxylation sites is 2. The van der Waals surface area contributed by atoms with Gasteiger partial charge in [-0.3, -0.25) is 18.8 Å². The Kier molecular flexibility index (Phi) is 6.74. The van der Waals surface area contributed by atoms with Crippen molar-refractivity contribution in [2.45, 2.75) is 12.1 Å². The molecule has 1 N–H and O–H groups in total. The van der Waals surface area contributed by atoms with E-state index in [1.165, 1.54) is 28.6 Å². The molecule has 0 aliphatic carbocycles. The van der Waals surface area contributed by atoms with E-state index in [0.29, 0.717) is 27.9 Å². The molecule has 0 unspecified atom stereocenters. The highest BCUT2D eigenvalue weighted by Crippen LogP contribution is 2.28. The van der Waals surface area contributed by atoms with Crippen molar-refractivity contribution in [2.24, 2.45) is 7.05 Å². The summed E-state index contributed by atoms with van der Waals surface area (Å²) in [4.78, 5) is 26.0. The monoisotopic (exact) mass is 514 g/mol. The molecule has 0 aliphatic heterocycles. The van der Waals surface area contributed by atoms with Crippen LogP contribution in [0.25, 0.3) is 22.8 Å². The highest BCUT2D eigenvalue weighted by atomic mass is 32.2. The van der Waals surface area contributed by atoms with Crippen LogP contribution in [0.15, 0.2) is 94.9 Å². The van der Waals surface area contributed by atoms with Crippen LogP contribution in [0.2, 0.25) is 0 Å².